The van der Waals surface area contributed by atoms with Gasteiger partial charge >= 0.3 is 5.97 Å². The summed E-state index contributed by atoms with van der Waals surface area (Å²) < 4.78 is 14.9. The normalized spacial score (nSPS) is 15.0. The van der Waals surface area contributed by atoms with Crippen LogP contribution in [0, 0.1) is 0 Å². The summed E-state index contributed by atoms with van der Waals surface area (Å²) in [5.74, 6) is 0.487. The van der Waals surface area contributed by atoms with Crippen molar-refractivity contribution in [1.29, 1.82) is 0 Å². The average Bonchev–Trinajstić information content (AvgIpc) is 3.69. The van der Waals surface area contributed by atoms with Gasteiger partial charge in [0, 0.05) is 32.9 Å². The smallest absolute Gasteiger partial charge is 0.337 e. The van der Waals surface area contributed by atoms with Gasteiger partial charge in [-0.25, -0.2) is 9.79 Å². The van der Waals surface area contributed by atoms with Gasteiger partial charge in [-0.2, -0.15) is 0 Å². The summed E-state index contributed by atoms with van der Waals surface area (Å²) >= 11 is 10.6. The number of Topliss-reactive ketones (excluding diaryl/α,β-unsaturated/α-hetero) is 1. The maximum Gasteiger partial charge on any atom is 0.337 e. The van der Waals surface area contributed by atoms with Crippen molar-refractivity contribution in [2.45, 2.75) is 19.9 Å². The van der Waals surface area contributed by atoms with Gasteiger partial charge in [0.15, 0.2) is 10.6 Å². The summed E-state index contributed by atoms with van der Waals surface area (Å²) in [6.07, 6.45) is 1.60. The van der Waals surface area contributed by atoms with Crippen LogP contribution in [0.4, 0.5) is 0 Å². The first-order valence-electron chi connectivity index (χ1n) is 12.6. The molecule has 5 aromatic rings. The molecule has 0 saturated heterocycles. The third-order valence-electron chi connectivity index (χ3n) is 6.81. The van der Waals surface area contributed by atoms with Gasteiger partial charge in [-0.15, -0.1) is 0 Å². The lowest BCUT2D eigenvalue weighted by atomic mass is 9.98. The highest BCUT2D eigenvalue weighted by molar-refractivity contribution is 9.10. The lowest BCUT2D eigenvalue weighted by Gasteiger charge is -2.22. The maximum absolute atomic E-state index is 13.8. The van der Waals surface area contributed by atoms with E-state index in [0.717, 1.165) is 10.0 Å². The zero-order valence-corrected chi connectivity index (χ0v) is 25.2. The van der Waals surface area contributed by atoms with Gasteiger partial charge in [-0.3, -0.25) is 14.2 Å². The first kappa shape index (κ1) is 27.9. The van der Waals surface area contributed by atoms with Crippen molar-refractivity contribution in [3.63, 3.8) is 0 Å². The van der Waals surface area contributed by atoms with Gasteiger partial charge in [-0.1, -0.05) is 51.0 Å². The van der Waals surface area contributed by atoms with Gasteiger partial charge in [0.05, 0.1) is 15.1 Å². The van der Waals surface area contributed by atoms with E-state index in [0.29, 0.717) is 49.2 Å². The summed E-state index contributed by atoms with van der Waals surface area (Å²) in [5, 5.41) is 9.51. The molecule has 8 nitrogen and oxygen atoms in total. The minimum atomic E-state index is -1.15. The van der Waals surface area contributed by atoms with Gasteiger partial charge in [0.25, 0.3) is 5.56 Å². The molecule has 6 rings (SSSR count). The first-order valence-corrected chi connectivity index (χ1v) is 14.6. The fourth-order valence-electron chi connectivity index (χ4n) is 4.87. The number of rotatable bonds is 6. The highest BCUT2D eigenvalue weighted by atomic mass is 79.9. The van der Waals surface area contributed by atoms with Crippen LogP contribution < -0.4 is 14.9 Å². The van der Waals surface area contributed by atoms with Crippen molar-refractivity contribution in [2.24, 2.45) is 4.99 Å². The number of carbonyl (C=O) groups excluding carboxylic acids is 1. The third kappa shape index (κ3) is 5.02. The van der Waals surface area contributed by atoms with Crippen molar-refractivity contribution in [3.05, 3.63) is 124 Å². The van der Waals surface area contributed by atoms with Crippen LogP contribution in [0.3, 0.4) is 0 Å². The van der Waals surface area contributed by atoms with E-state index in [2.05, 4.69) is 20.9 Å². The van der Waals surface area contributed by atoms with Gasteiger partial charge in [-0.05, 0) is 68.4 Å². The predicted octanol–water partition coefficient (Wildman–Crippen LogP) is 6.46. The van der Waals surface area contributed by atoms with E-state index in [1.807, 2.05) is 30.3 Å². The molecule has 0 unspecified atom stereocenters. The highest BCUT2D eigenvalue weighted by Crippen LogP contribution is 2.34. The third-order valence-corrected chi connectivity index (χ3v) is 8.65. The van der Waals surface area contributed by atoms with E-state index in [4.69, 9.17) is 20.4 Å². The summed E-state index contributed by atoms with van der Waals surface area (Å²) in [6, 6.07) is 18.4. The molecule has 1 N–H and O–H groups in total. The number of nitrogens with zero attached hydrogens (tertiary/aromatic N) is 2. The molecule has 0 radical (unpaired) electrons. The van der Waals surface area contributed by atoms with Crippen LogP contribution in [-0.2, 0) is 4.79 Å². The van der Waals surface area contributed by atoms with Crippen LogP contribution in [-0.4, -0.2) is 21.4 Å². The number of fused-ring (bicyclic) bond motifs is 1. The number of furan rings is 2. The molecule has 1 aliphatic rings. The highest BCUT2D eigenvalue weighted by Gasteiger charge is 2.33. The van der Waals surface area contributed by atoms with E-state index in [1.54, 1.807) is 37.3 Å². The monoisotopic (exact) mass is 662 g/mol. The maximum atomic E-state index is 13.8. The summed E-state index contributed by atoms with van der Waals surface area (Å²) in [4.78, 5) is 43.1. The molecule has 3 aromatic heterocycles. The van der Waals surface area contributed by atoms with Crippen LogP contribution in [0.5, 0.6) is 0 Å². The molecule has 42 heavy (non-hydrogen) atoms. The van der Waals surface area contributed by atoms with E-state index in [-0.39, 0.29) is 21.9 Å². The number of allylic oxidation sites excluding steroid dienone is 2. The standard InChI is InChI=1S/C31H20BrClN2O6S/c1-15-27(16(2)36)28(25-12-11-23(41-25)17-3-6-19(32)7-4-17)35-29(37)26(42-31(35)34-15)14-20-8-10-24(40-20)18-5-9-22(33)21(13-18)30(38)39/h3-14,28H,1-2H3,(H,38,39)/b26-14+/t28-/m1/s1. The van der Waals surface area contributed by atoms with Crippen molar-refractivity contribution in [1.82, 2.24) is 4.57 Å². The Morgan fingerprint density at radius 1 is 1.02 bits per heavy atom. The number of ketones is 1. The Kier molecular flexibility index (Phi) is 7.22. The number of aromatic carboxylic acids is 1. The Morgan fingerprint density at radius 3 is 2.43 bits per heavy atom. The molecule has 0 bridgehead atoms. The fourth-order valence-corrected chi connectivity index (χ4v) is 6.36. The molecular formula is C31H20BrClN2O6S. The second-order valence-electron chi connectivity index (χ2n) is 9.55. The average molecular weight is 664 g/mol. The van der Waals surface area contributed by atoms with Gasteiger partial charge < -0.3 is 13.9 Å². The summed E-state index contributed by atoms with van der Waals surface area (Å²) in [5.41, 5.74) is 1.88. The number of halogens is 2. The molecule has 0 amide bonds. The van der Waals surface area contributed by atoms with Crippen molar-refractivity contribution in [2.75, 3.05) is 0 Å². The largest absolute Gasteiger partial charge is 0.478 e. The Hall–Kier alpha value is -4.25. The van der Waals surface area contributed by atoms with Gasteiger partial charge in [0.2, 0.25) is 0 Å². The van der Waals surface area contributed by atoms with Crippen molar-refractivity contribution >= 4 is 56.7 Å². The number of thiazole rings is 1. The number of aromatic nitrogens is 1. The Labute approximate surface area is 255 Å². The number of carbonyl (C=O) groups is 2. The molecule has 210 valence electrons. The molecule has 1 aliphatic heterocycles. The summed E-state index contributed by atoms with van der Waals surface area (Å²) in [6.45, 7) is 3.20. The van der Waals surface area contributed by atoms with Crippen LogP contribution in [0.1, 0.15) is 41.8 Å². The van der Waals surface area contributed by atoms with Crippen molar-refractivity contribution in [3.8, 4) is 22.6 Å². The van der Waals surface area contributed by atoms with E-state index in [1.165, 1.54) is 35.0 Å². The van der Waals surface area contributed by atoms with Crippen molar-refractivity contribution < 1.29 is 23.5 Å². The molecule has 4 heterocycles. The topological polar surface area (TPSA) is 115 Å². The number of hydrogen-bond donors (Lipinski definition) is 1. The molecule has 2 aromatic carbocycles. The van der Waals surface area contributed by atoms with Crippen LogP contribution >= 0.6 is 38.9 Å². The Morgan fingerprint density at radius 2 is 1.71 bits per heavy atom. The molecular weight excluding hydrogens is 644 g/mol. The second-order valence-corrected chi connectivity index (χ2v) is 11.9. The minimum Gasteiger partial charge on any atom is -0.478 e. The van der Waals surface area contributed by atoms with E-state index >= 15 is 0 Å². The molecule has 0 fully saturated rings. The summed E-state index contributed by atoms with van der Waals surface area (Å²) in [7, 11) is 0. The molecule has 0 saturated carbocycles. The Bertz CT molecular complexity index is 2120. The van der Waals surface area contributed by atoms with Gasteiger partial charge in [0.1, 0.15) is 29.1 Å². The second kappa shape index (κ2) is 10.9. The molecule has 1 atom stereocenters. The lowest BCUT2D eigenvalue weighted by molar-refractivity contribution is -0.114. The molecule has 0 spiro atoms. The Balaban J connectivity index is 1.43. The van der Waals surface area contributed by atoms with Crippen LogP contribution in [0.2, 0.25) is 5.02 Å². The SMILES string of the molecule is CC(=O)C1=C(C)N=c2s/c(=C/c3ccc(-c4ccc(Cl)c(C(=O)O)c4)o3)c(=O)n2[C@@H]1c1ccc(-c2ccc(Br)cc2)o1. The number of carboxylic acid groups (broad SMARTS) is 1. The molecule has 11 heteroatoms. The zero-order chi connectivity index (χ0) is 29.7. The number of hydrogen-bond acceptors (Lipinski definition) is 7. The van der Waals surface area contributed by atoms with Crippen LogP contribution in [0.15, 0.2) is 101 Å². The number of benzene rings is 2. The van der Waals surface area contributed by atoms with Crippen LogP contribution in [0.25, 0.3) is 28.7 Å². The molecule has 0 aliphatic carbocycles. The zero-order valence-electron chi connectivity index (χ0n) is 22.1. The van der Waals surface area contributed by atoms with E-state index < -0.39 is 12.0 Å². The number of carboxylic acids is 1. The fraction of sp³-hybridized carbons (Fsp3) is 0.0968. The predicted molar refractivity (Wildman–Crippen MR) is 162 cm³/mol. The quantitative estimate of drug-likeness (QED) is 0.223. The minimum absolute atomic E-state index is 0.0433. The van der Waals surface area contributed by atoms with E-state index in [9.17, 15) is 19.5 Å². The first-order chi connectivity index (χ1) is 20.1. The lowest BCUT2D eigenvalue weighted by Crippen LogP contribution is -2.39.